The summed E-state index contributed by atoms with van der Waals surface area (Å²) >= 11 is 0. The van der Waals surface area contributed by atoms with E-state index in [1.54, 1.807) is 24.5 Å². The predicted octanol–water partition coefficient (Wildman–Crippen LogP) is 8.69. The van der Waals surface area contributed by atoms with E-state index in [1.165, 1.54) is 0 Å². The Hall–Kier alpha value is -2.84. The summed E-state index contributed by atoms with van der Waals surface area (Å²) in [5, 5.41) is 16.7. The lowest BCUT2D eigenvalue weighted by Crippen LogP contribution is -2.67. The number of carbonyl (C=O) groups excluding carboxylic acids is 2. The average molecular weight is 678 g/mol. The Morgan fingerprint density at radius 3 is 2.37 bits per heavy atom. The van der Waals surface area contributed by atoms with Crippen molar-refractivity contribution in [2.75, 3.05) is 11.9 Å². The number of aromatic nitrogens is 1. The number of amides is 2. The molecule has 6 aliphatic rings. The number of hydrogen-bond donors (Lipinski definition) is 3. The number of nitrogens with zero attached hydrogens (tertiary/aromatic N) is 1. The number of alkyl carbamates (subject to hydrolysis) is 1. The predicted molar refractivity (Wildman–Crippen MR) is 187 cm³/mol. The number of rotatable bonds is 7. The minimum Gasteiger partial charge on any atom is -0.481 e. The van der Waals surface area contributed by atoms with Gasteiger partial charge in [0, 0.05) is 17.7 Å². The molecular formula is C40H59N3O6. The van der Waals surface area contributed by atoms with Crippen molar-refractivity contribution in [1.82, 2.24) is 10.3 Å². The zero-order valence-corrected chi connectivity index (χ0v) is 30.6. The smallest absolute Gasteiger partial charge is 0.411 e. The van der Waals surface area contributed by atoms with Crippen LogP contribution < -0.4 is 10.6 Å². The van der Waals surface area contributed by atoms with Crippen molar-refractivity contribution in [2.45, 2.75) is 131 Å². The lowest BCUT2D eigenvalue weighted by atomic mass is 9.32. The van der Waals surface area contributed by atoms with Crippen molar-refractivity contribution in [1.29, 1.82) is 0 Å². The largest absolute Gasteiger partial charge is 0.481 e. The van der Waals surface area contributed by atoms with Gasteiger partial charge in [-0.3, -0.25) is 15.1 Å². The van der Waals surface area contributed by atoms with Gasteiger partial charge >= 0.3 is 18.2 Å². The topological polar surface area (TPSA) is 127 Å². The Morgan fingerprint density at radius 2 is 1.67 bits per heavy atom. The number of pyridine rings is 1. The number of nitrogens with one attached hydrogen (secondary N) is 2. The summed E-state index contributed by atoms with van der Waals surface area (Å²) < 4.78 is 11.9. The zero-order valence-electron chi connectivity index (χ0n) is 30.6. The standard InChI is InChI=1S/C40H59N3O6/c1-24(23-48-34(46)43-26-8-7-21-41-22-26)27-13-18-40(33(44)45)20-19-38(5)28(32(27)40)11-12-30-37(4)16-15-31(49-35(47)42-25-9-10-25)36(2,3)29(37)14-17-39(30,38)6/h7-8,21-22,24-25,27-32H,9-20,23H2,1-6H3,(H,42,47)(H,43,46)(H,44,45)/t24?,27-,28?,29?,30?,31+,32?,37-,38+,39+,40-/m0/s1. The monoisotopic (exact) mass is 677 g/mol. The number of carboxylic acids is 1. The highest BCUT2D eigenvalue weighted by atomic mass is 16.6. The van der Waals surface area contributed by atoms with E-state index in [-0.39, 0.29) is 64.3 Å². The van der Waals surface area contributed by atoms with Crippen LogP contribution in [-0.4, -0.2) is 47.0 Å². The highest BCUT2D eigenvalue weighted by Gasteiger charge is 2.72. The molecule has 0 saturated heterocycles. The lowest BCUT2D eigenvalue weighted by molar-refractivity contribution is -0.249. The summed E-state index contributed by atoms with van der Waals surface area (Å²) in [6, 6.07) is 3.83. The number of ether oxygens (including phenoxy) is 2. The van der Waals surface area contributed by atoms with Crippen LogP contribution in [0.4, 0.5) is 15.3 Å². The van der Waals surface area contributed by atoms with Crippen LogP contribution in [-0.2, 0) is 14.3 Å². The molecule has 1 aromatic rings. The molecule has 6 aliphatic carbocycles. The minimum absolute atomic E-state index is 0.0238. The number of aliphatic carboxylic acids is 1. The first kappa shape index (κ1) is 34.6. The average Bonchev–Trinajstić information content (AvgIpc) is 3.77. The van der Waals surface area contributed by atoms with Crippen LogP contribution in [0.3, 0.4) is 0 Å². The minimum atomic E-state index is -0.705. The van der Waals surface area contributed by atoms with Crippen LogP contribution in [0.25, 0.3) is 0 Å². The molecule has 0 spiro atoms. The third-order valence-corrected chi connectivity index (χ3v) is 16.1. The van der Waals surface area contributed by atoms with Gasteiger partial charge in [0.1, 0.15) is 6.10 Å². The van der Waals surface area contributed by atoms with Crippen molar-refractivity contribution < 1.29 is 29.0 Å². The number of carbonyl (C=O) groups is 3. The van der Waals surface area contributed by atoms with Gasteiger partial charge in [-0.25, -0.2) is 9.59 Å². The summed E-state index contributed by atoms with van der Waals surface area (Å²) in [6.45, 7) is 14.7. The Labute approximate surface area is 292 Å². The quantitative estimate of drug-likeness (QED) is 0.264. The van der Waals surface area contributed by atoms with Crippen LogP contribution in [0.2, 0.25) is 0 Å². The maximum absolute atomic E-state index is 13.3. The fourth-order valence-corrected chi connectivity index (χ4v) is 13.3. The maximum Gasteiger partial charge on any atom is 0.411 e. The van der Waals surface area contributed by atoms with Crippen molar-refractivity contribution in [3.05, 3.63) is 24.5 Å². The Bertz CT molecular complexity index is 1450. The van der Waals surface area contributed by atoms with Crippen LogP contribution in [0.1, 0.15) is 119 Å². The number of hydrogen-bond acceptors (Lipinski definition) is 6. The molecule has 5 unspecified atom stereocenters. The van der Waals surface area contributed by atoms with Crippen molar-refractivity contribution in [3.63, 3.8) is 0 Å². The summed E-state index contributed by atoms with van der Waals surface area (Å²) in [7, 11) is 0. The van der Waals surface area contributed by atoms with Crippen LogP contribution in [0.15, 0.2) is 24.5 Å². The molecule has 6 fully saturated rings. The van der Waals surface area contributed by atoms with Crippen LogP contribution in [0.5, 0.6) is 0 Å². The van der Waals surface area contributed by atoms with Gasteiger partial charge in [-0.05, 0) is 141 Å². The second-order valence-electron chi connectivity index (χ2n) is 18.5. The van der Waals surface area contributed by atoms with E-state index < -0.39 is 17.5 Å². The second-order valence-corrected chi connectivity index (χ2v) is 18.5. The number of carboxylic acid groups (broad SMARTS) is 1. The summed E-state index contributed by atoms with van der Waals surface area (Å²) in [5.74, 6) is 0.997. The number of fused-ring (bicyclic) bond motifs is 7. The zero-order chi connectivity index (χ0) is 35.0. The third kappa shape index (κ3) is 5.46. The molecule has 6 saturated carbocycles. The highest BCUT2D eigenvalue weighted by Crippen LogP contribution is 2.77. The fraction of sp³-hybridized carbons (Fsp3) is 0.800. The highest BCUT2D eigenvalue weighted by molar-refractivity contribution is 5.84. The van der Waals surface area contributed by atoms with E-state index in [4.69, 9.17) is 9.47 Å². The molecule has 0 bridgehead atoms. The van der Waals surface area contributed by atoms with Crippen molar-refractivity contribution >= 4 is 23.8 Å². The second kappa shape index (κ2) is 12.1. The molecule has 3 N–H and O–H groups in total. The molecule has 7 rings (SSSR count). The first-order chi connectivity index (χ1) is 23.2. The molecule has 0 radical (unpaired) electrons. The van der Waals surface area contributed by atoms with E-state index in [2.05, 4.69) is 57.2 Å². The van der Waals surface area contributed by atoms with E-state index in [0.29, 0.717) is 29.9 Å². The summed E-state index contributed by atoms with van der Waals surface area (Å²) in [6.07, 6.45) is 14.1. The Kier molecular flexibility index (Phi) is 8.58. The van der Waals surface area contributed by atoms with Gasteiger partial charge in [0.15, 0.2) is 0 Å². The van der Waals surface area contributed by atoms with Gasteiger partial charge in [-0.15, -0.1) is 0 Å². The molecule has 0 aromatic carbocycles. The van der Waals surface area contributed by atoms with Gasteiger partial charge in [0.25, 0.3) is 0 Å². The lowest BCUT2D eigenvalue weighted by Gasteiger charge is -2.72. The Balaban J connectivity index is 1.11. The van der Waals surface area contributed by atoms with E-state index in [1.807, 2.05) is 0 Å². The first-order valence-corrected chi connectivity index (χ1v) is 19.2. The molecule has 0 aliphatic heterocycles. The molecule has 9 heteroatoms. The fourth-order valence-electron chi connectivity index (χ4n) is 13.3. The number of anilines is 1. The van der Waals surface area contributed by atoms with E-state index >= 15 is 0 Å². The summed E-state index contributed by atoms with van der Waals surface area (Å²) in [5.41, 5.74) is 0.0183. The molecule has 11 atom stereocenters. The van der Waals surface area contributed by atoms with Gasteiger partial charge in [-0.2, -0.15) is 0 Å². The summed E-state index contributed by atoms with van der Waals surface area (Å²) in [4.78, 5) is 42.8. The molecule has 9 nitrogen and oxygen atoms in total. The van der Waals surface area contributed by atoms with Crippen LogP contribution >= 0.6 is 0 Å². The van der Waals surface area contributed by atoms with Gasteiger partial charge in [0.2, 0.25) is 0 Å². The SMILES string of the molecule is CC(COC(=O)Nc1cccnc1)[C@@H]1CC[C@]2(C(=O)O)CC[C@]3(C)C(CCC4[C@@]5(C)CC[C@@H](OC(=O)NC6CC6)C(C)(C)C5CC[C@]43C)C12. The van der Waals surface area contributed by atoms with Gasteiger partial charge in [0.05, 0.1) is 23.9 Å². The maximum atomic E-state index is 13.3. The van der Waals surface area contributed by atoms with Crippen molar-refractivity contribution in [2.24, 2.45) is 62.6 Å². The molecule has 1 heterocycles. The molecule has 2 amide bonds. The molecule has 270 valence electrons. The van der Waals surface area contributed by atoms with Gasteiger partial charge < -0.3 is 19.9 Å². The molecular weight excluding hydrogens is 618 g/mol. The third-order valence-electron chi connectivity index (χ3n) is 16.1. The van der Waals surface area contributed by atoms with Crippen LogP contribution in [0, 0.1) is 62.6 Å². The molecule has 1 aromatic heterocycles. The van der Waals surface area contributed by atoms with Gasteiger partial charge in [-0.1, -0.05) is 41.5 Å². The molecule has 49 heavy (non-hydrogen) atoms. The van der Waals surface area contributed by atoms with E-state index in [9.17, 15) is 19.5 Å². The Morgan fingerprint density at radius 1 is 0.898 bits per heavy atom. The normalized spacial score (nSPS) is 42.7. The van der Waals surface area contributed by atoms with Crippen molar-refractivity contribution in [3.8, 4) is 0 Å². The van der Waals surface area contributed by atoms with E-state index in [0.717, 1.165) is 70.6 Å². The first-order valence-electron chi connectivity index (χ1n) is 19.2.